The fourth-order valence-electron chi connectivity index (χ4n) is 1.59. The molecule has 4 nitrogen and oxygen atoms in total. The maximum Gasteiger partial charge on any atom is 0.245 e. The molecule has 1 aromatic carbocycles. The van der Waals surface area contributed by atoms with Gasteiger partial charge in [-0.2, -0.15) is 0 Å². The van der Waals surface area contributed by atoms with Crippen molar-refractivity contribution in [1.82, 2.24) is 5.32 Å². The second-order valence-corrected chi connectivity index (χ2v) is 3.76. The van der Waals surface area contributed by atoms with Crippen LogP contribution in [0.1, 0.15) is 6.42 Å². The summed E-state index contributed by atoms with van der Waals surface area (Å²) in [6, 6.07) is 6.88. The summed E-state index contributed by atoms with van der Waals surface area (Å²) in [5.41, 5.74) is 7.02. The van der Waals surface area contributed by atoms with Gasteiger partial charge in [0.1, 0.15) is 6.04 Å². The van der Waals surface area contributed by atoms with Gasteiger partial charge < -0.3 is 16.4 Å². The zero-order chi connectivity index (χ0) is 11.4. The first kappa shape index (κ1) is 10.7. The summed E-state index contributed by atoms with van der Waals surface area (Å²) in [6.45, 7) is 0.844. The third kappa shape index (κ3) is 2.61. The van der Waals surface area contributed by atoms with Crippen LogP contribution in [0.15, 0.2) is 36.4 Å². The lowest BCUT2D eigenvalue weighted by atomic mass is 10.1. The highest BCUT2D eigenvalue weighted by molar-refractivity contribution is 5.96. The zero-order valence-electron chi connectivity index (χ0n) is 8.94. The molecular weight excluding hydrogens is 202 g/mol. The first-order valence-corrected chi connectivity index (χ1v) is 5.32. The highest BCUT2D eigenvalue weighted by Gasteiger charge is 2.16. The Bertz CT molecular complexity index is 397. The van der Waals surface area contributed by atoms with Crippen molar-refractivity contribution in [3.05, 3.63) is 36.4 Å². The number of hydrogen-bond acceptors (Lipinski definition) is 3. The van der Waals surface area contributed by atoms with E-state index in [1.54, 1.807) is 24.3 Å². The monoisotopic (exact) mass is 217 g/mol. The van der Waals surface area contributed by atoms with Gasteiger partial charge in [-0.05, 0) is 37.2 Å². The standard InChI is InChI=1S/C12H15N3O/c13-9-4-6-10(7-5-9)15-12(16)11-3-1-2-8-14-11/h1,3-7,11,14H,2,8,13H2,(H,15,16). The number of nitrogens with one attached hydrogen (secondary N) is 2. The van der Waals surface area contributed by atoms with E-state index < -0.39 is 0 Å². The Balaban J connectivity index is 1.98. The number of hydrogen-bond donors (Lipinski definition) is 3. The summed E-state index contributed by atoms with van der Waals surface area (Å²) in [5, 5.41) is 5.96. The van der Waals surface area contributed by atoms with Crippen molar-refractivity contribution in [3.8, 4) is 0 Å². The smallest absolute Gasteiger partial charge is 0.245 e. The Morgan fingerprint density at radius 2 is 2.12 bits per heavy atom. The van der Waals surface area contributed by atoms with E-state index in [0.29, 0.717) is 5.69 Å². The number of amides is 1. The minimum Gasteiger partial charge on any atom is -0.399 e. The van der Waals surface area contributed by atoms with Gasteiger partial charge >= 0.3 is 0 Å². The van der Waals surface area contributed by atoms with Gasteiger partial charge in [-0.1, -0.05) is 12.2 Å². The summed E-state index contributed by atoms with van der Waals surface area (Å²) in [7, 11) is 0. The molecule has 16 heavy (non-hydrogen) atoms. The number of anilines is 2. The minimum atomic E-state index is -0.230. The molecule has 1 aromatic rings. The van der Waals surface area contributed by atoms with E-state index in [-0.39, 0.29) is 11.9 Å². The van der Waals surface area contributed by atoms with E-state index in [1.807, 2.05) is 12.2 Å². The molecule has 0 bridgehead atoms. The number of carbonyl (C=O) groups excluding carboxylic acids is 1. The SMILES string of the molecule is Nc1ccc(NC(=O)C2C=CCCN2)cc1. The van der Waals surface area contributed by atoms with E-state index in [4.69, 9.17) is 5.73 Å². The molecule has 0 radical (unpaired) electrons. The molecule has 1 aliphatic rings. The van der Waals surface area contributed by atoms with Crippen molar-refractivity contribution in [2.24, 2.45) is 0 Å². The van der Waals surface area contributed by atoms with Gasteiger partial charge in [0.2, 0.25) is 5.91 Å². The fourth-order valence-corrected chi connectivity index (χ4v) is 1.59. The van der Waals surface area contributed by atoms with Gasteiger partial charge in [-0.3, -0.25) is 4.79 Å². The largest absolute Gasteiger partial charge is 0.399 e. The van der Waals surface area contributed by atoms with Crippen LogP contribution in [0, 0.1) is 0 Å². The average molecular weight is 217 g/mol. The van der Waals surface area contributed by atoms with Crippen molar-refractivity contribution >= 4 is 17.3 Å². The van der Waals surface area contributed by atoms with Gasteiger partial charge in [0.05, 0.1) is 0 Å². The molecular formula is C12H15N3O. The van der Waals surface area contributed by atoms with Crippen LogP contribution in [0.3, 0.4) is 0 Å². The molecule has 0 fully saturated rings. The van der Waals surface area contributed by atoms with E-state index in [0.717, 1.165) is 18.7 Å². The number of benzene rings is 1. The summed E-state index contributed by atoms with van der Waals surface area (Å²) in [4.78, 5) is 11.8. The lowest BCUT2D eigenvalue weighted by Gasteiger charge is -2.17. The quantitative estimate of drug-likeness (QED) is 0.514. The van der Waals surface area contributed by atoms with Gasteiger partial charge in [0.15, 0.2) is 0 Å². The molecule has 4 N–H and O–H groups in total. The second kappa shape index (κ2) is 4.81. The molecule has 4 heteroatoms. The summed E-state index contributed by atoms with van der Waals surface area (Å²) in [5.74, 6) is -0.0410. The summed E-state index contributed by atoms with van der Waals surface area (Å²) < 4.78 is 0. The van der Waals surface area contributed by atoms with Crippen molar-refractivity contribution in [2.45, 2.75) is 12.5 Å². The third-order valence-corrected chi connectivity index (χ3v) is 2.46. The average Bonchev–Trinajstić information content (AvgIpc) is 2.33. The maximum atomic E-state index is 11.8. The topological polar surface area (TPSA) is 67.1 Å². The van der Waals surface area contributed by atoms with Crippen LogP contribution in [0.5, 0.6) is 0 Å². The van der Waals surface area contributed by atoms with Crippen LogP contribution < -0.4 is 16.4 Å². The molecule has 84 valence electrons. The molecule has 0 saturated heterocycles. The highest BCUT2D eigenvalue weighted by Crippen LogP contribution is 2.11. The maximum absolute atomic E-state index is 11.8. The van der Waals surface area contributed by atoms with Gasteiger partial charge in [0.25, 0.3) is 0 Å². The normalized spacial score (nSPS) is 19.4. The van der Waals surface area contributed by atoms with Crippen LogP contribution in [0.2, 0.25) is 0 Å². The van der Waals surface area contributed by atoms with Crippen molar-refractivity contribution in [1.29, 1.82) is 0 Å². The number of carbonyl (C=O) groups is 1. The fraction of sp³-hybridized carbons (Fsp3) is 0.250. The number of nitrogens with two attached hydrogens (primary N) is 1. The molecule has 2 rings (SSSR count). The first-order chi connectivity index (χ1) is 7.75. The molecule has 0 spiro atoms. The predicted octanol–water partition coefficient (Wildman–Crippen LogP) is 1.13. The second-order valence-electron chi connectivity index (χ2n) is 3.76. The van der Waals surface area contributed by atoms with Crippen molar-refractivity contribution in [3.63, 3.8) is 0 Å². The molecule has 1 heterocycles. The van der Waals surface area contributed by atoms with Gasteiger partial charge in [0, 0.05) is 11.4 Å². The van der Waals surface area contributed by atoms with E-state index >= 15 is 0 Å². The number of nitrogen functional groups attached to an aromatic ring is 1. The Kier molecular flexibility index (Phi) is 3.22. The minimum absolute atomic E-state index is 0.0410. The molecule has 0 aliphatic carbocycles. The lowest BCUT2D eigenvalue weighted by molar-refractivity contribution is -0.117. The Morgan fingerprint density at radius 3 is 2.75 bits per heavy atom. The Hall–Kier alpha value is -1.81. The van der Waals surface area contributed by atoms with Crippen LogP contribution >= 0.6 is 0 Å². The molecule has 1 atom stereocenters. The number of rotatable bonds is 2. The Morgan fingerprint density at radius 1 is 1.38 bits per heavy atom. The van der Waals surface area contributed by atoms with E-state index in [9.17, 15) is 4.79 Å². The zero-order valence-corrected chi connectivity index (χ0v) is 8.94. The predicted molar refractivity (Wildman–Crippen MR) is 65.0 cm³/mol. The highest BCUT2D eigenvalue weighted by atomic mass is 16.2. The summed E-state index contributed by atoms with van der Waals surface area (Å²) in [6.07, 6.45) is 4.88. The third-order valence-electron chi connectivity index (χ3n) is 2.46. The molecule has 1 unspecified atom stereocenters. The van der Waals surface area contributed by atoms with E-state index in [1.165, 1.54) is 0 Å². The summed E-state index contributed by atoms with van der Waals surface area (Å²) >= 11 is 0. The van der Waals surface area contributed by atoms with Crippen LogP contribution in [-0.2, 0) is 4.79 Å². The lowest BCUT2D eigenvalue weighted by Crippen LogP contribution is -2.41. The van der Waals surface area contributed by atoms with Crippen LogP contribution in [0.25, 0.3) is 0 Å². The molecule has 1 amide bonds. The van der Waals surface area contributed by atoms with Crippen molar-refractivity contribution in [2.75, 3.05) is 17.6 Å². The van der Waals surface area contributed by atoms with Gasteiger partial charge in [-0.25, -0.2) is 0 Å². The molecule has 0 saturated carbocycles. The van der Waals surface area contributed by atoms with E-state index in [2.05, 4.69) is 10.6 Å². The first-order valence-electron chi connectivity index (χ1n) is 5.32. The Labute approximate surface area is 94.5 Å². The molecule has 1 aliphatic heterocycles. The van der Waals surface area contributed by atoms with Crippen LogP contribution in [0.4, 0.5) is 11.4 Å². The van der Waals surface area contributed by atoms with Crippen LogP contribution in [-0.4, -0.2) is 18.5 Å². The molecule has 0 aromatic heterocycles. The van der Waals surface area contributed by atoms with Gasteiger partial charge in [-0.15, -0.1) is 0 Å². The van der Waals surface area contributed by atoms with Crippen molar-refractivity contribution < 1.29 is 4.79 Å².